The lowest BCUT2D eigenvalue weighted by Gasteiger charge is -2.13. The Morgan fingerprint density at radius 3 is 2.83 bits per heavy atom. The van der Waals surface area contributed by atoms with Crippen LogP contribution < -0.4 is 5.32 Å². The van der Waals surface area contributed by atoms with Crippen LogP contribution in [0.5, 0.6) is 0 Å². The molecule has 6 nitrogen and oxygen atoms in total. The average Bonchev–Trinajstić information content (AvgIpc) is 2.38. The lowest BCUT2D eigenvalue weighted by molar-refractivity contribution is -0.143. The highest BCUT2D eigenvalue weighted by Gasteiger charge is 2.14. The fourth-order valence-corrected chi connectivity index (χ4v) is 1.31. The molecule has 0 aliphatic rings. The molecule has 0 aliphatic heterocycles. The first-order chi connectivity index (χ1) is 8.58. The van der Waals surface area contributed by atoms with Crippen LogP contribution in [0.4, 0.5) is 5.69 Å². The smallest absolute Gasteiger partial charge is 0.356 e. The third-order valence-electron chi connectivity index (χ3n) is 2.18. The van der Waals surface area contributed by atoms with Gasteiger partial charge >= 0.3 is 11.9 Å². The summed E-state index contributed by atoms with van der Waals surface area (Å²) in [4.78, 5) is 26.6. The van der Waals surface area contributed by atoms with Gasteiger partial charge in [0.15, 0.2) is 0 Å². The van der Waals surface area contributed by atoms with Gasteiger partial charge in [0, 0.05) is 11.9 Å². The van der Waals surface area contributed by atoms with E-state index >= 15 is 0 Å². The van der Waals surface area contributed by atoms with Crippen LogP contribution in [0.3, 0.4) is 0 Å². The van der Waals surface area contributed by atoms with Crippen molar-refractivity contribution in [3.05, 3.63) is 24.0 Å². The Morgan fingerprint density at radius 2 is 2.22 bits per heavy atom. The molecule has 0 saturated carbocycles. The van der Waals surface area contributed by atoms with Crippen molar-refractivity contribution in [2.45, 2.75) is 19.9 Å². The van der Waals surface area contributed by atoms with Gasteiger partial charge in [-0.25, -0.2) is 14.6 Å². The zero-order valence-electron chi connectivity index (χ0n) is 10.6. The van der Waals surface area contributed by atoms with E-state index in [1.807, 2.05) is 0 Å². The molecule has 1 unspecified atom stereocenters. The minimum atomic E-state index is -0.526. The molecule has 0 saturated heterocycles. The number of carbonyl (C=O) groups is 2. The SMILES string of the molecule is CCOC(=O)C(C)Nc1ccnc(C(=O)OC)c1. The number of pyridine rings is 1. The fourth-order valence-electron chi connectivity index (χ4n) is 1.31. The van der Waals surface area contributed by atoms with Crippen molar-refractivity contribution in [1.29, 1.82) is 0 Å². The second kappa shape index (κ2) is 6.58. The number of nitrogens with zero attached hydrogens (tertiary/aromatic N) is 1. The number of methoxy groups -OCH3 is 1. The predicted molar refractivity (Wildman–Crippen MR) is 65.3 cm³/mol. The summed E-state index contributed by atoms with van der Waals surface area (Å²) in [7, 11) is 1.28. The monoisotopic (exact) mass is 252 g/mol. The highest BCUT2D eigenvalue weighted by atomic mass is 16.5. The maximum atomic E-state index is 11.4. The molecule has 1 N–H and O–H groups in total. The van der Waals surface area contributed by atoms with Gasteiger partial charge in [-0.15, -0.1) is 0 Å². The van der Waals surface area contributed by atoms with Gasteiger partial charge < -0.3 is 14.8 Å². The summed E-state index contributed by atoms with van der Waals surface area (Å²) < 4.78 is 9.43. The summed E-state index contributed by atoms with van der Waals surface area (Å²) in [6.45, 7) is 3.75. The third-order valence-corrected chi connectivity index (χ3v) is 2.18. The van der Waals surface area contributed by atoms with Gasteiger partial charge in [-0.05, 0) is 26.0 Å². The topological polar surface area (TPSA) is 77.5 Å². The second-order valence-corrected chi connectivity index (χ2v) is 3.54. The van der Waals surface area contributed by atoms with E-state index in [9.17, 15) is 9.59 Å². The first-order valence-corrected chi connectivity index (χ1v) is 5.56. The van der Waals surface area contributed by atoms with Crippen LogP contribution in [-0.4, -0.2) is 36.7 Å². The Balaban J connectivity index is 2.73. The molecular formula is C12H16N2O4. The van der Waals surface area contributed by atoms with Crippen molar-refractivity contribution in [3.63, 3.8) is 0 Å². The Morgan fingerprint density at radius 1 is 1.50 bits per heavy atom. The first kappa shape index (κ1) is 14.0. The van der Waals surface area contributed by atoms with Crippen molar-refractivity contribution in [3.8, 4) is 0 Å². The molecule has 1 aromatic rings. The molecule has 0 aromatic carbocycles. The molecule has 0 spiro atoms. The van der Waals surface area contributed by atoms with Crippen molar-refractivity contribution in [2.24, 2.45) is 0 Å². The van der Waals surface area contributed by atoms with Crippen molar-refractivity contribution < 1.29 is 19.1 Å². The van der Waals surface area contributed by atoms with Crippen LogP contribution in [0.25, 0.3) is 0 Å². The van der Waals surface area contributed by atoms with Crippen molar-refractivity contribution >= 4 is 17.6 Å². The lowest BCUT2D eigenvalue weighted by atomic mass is 10.2. The standard InChI is InChI=1S/C12H16N2O4/c1-4-18-11(15)8(2)14-9-5-6-13-10(7-9)12(16)17-3/h5-8H,4H2,1-3H3,(H,13,14). The van der Waals surface area contributed by atoms with E-state index in [0.29, 0.717) is 12.3 Å². The summed E-state index contributed by atoms with van der Waals surface area (Å²) in [5, 5.41) is 2.92. The molecule has 1 heterocycles. The lowest BCUT2D eigenvalue weighted by Crippen LogP contribution is -2.28. The minimum absolute atomic E-state index is 0.179. The average molecular weight is 252 g/mol. The van der Waals surface area contributed by atoms with Gasteiger partial charge in [0.1, 0.15) is 11.7 Å². The van der Waals surface area contributed by atoms with Crippen LogP contribution in [0.2, 0.25) is 0 Å². The largest absolute Gasteiger partial charge is 0.464 e. The molecule has 0 radical (unpaired) electrons. The highest BCUT2D eigenvalue weighted by molar-refractivity contribution is 5.88. The quantitative estimate of drug-likeness (QED) is 0.794. The number of rotatable bonds is 5. The summed E-state index contributed by atoms with van der Waals surface area (Å²) >= 11 is 0. The Kier molecular flexibility index (Phi) is 5.10. The Hall–Kier alpha value is -2.11. The van der Waals surface area contributed by atoms with Crippen LogP contribution in [0.15, 0.2) is 18.3 Å². The number of hydrogen-bond donors (Lipinski definition) is 1. The number of carbonyl (C=O) groups excluding carboxylic acids is 2. The van der Waals surface area contributed by atoms with Crippen molar-refractivity contribution in [2.75, 3.05) is 19.0 Å². The maximum absolute atomic E-state index is 11.4. The first-order valence-electron chi connectivity index (χ1n) is 5.56. The van der Waals surface area contributed by atoms with Crippen LogP contribution in [-0.2, 0) is 14.3 Å². The predicted octanol–water partition coefficient (Wildman–Crippen LogP) is 1.23. The Labute approximate surface area is 105 Å². The number of aromatic nitrogens is 1. The van der Waals surface area contributed by atoms with Crippen LogP contribution in [0.1, 0.15) is 24.3 Å². The number of anilines is 1. The van der Waals surface area contributed by atoms with E-state index in [-0.39, 0.29) is 11.7 Å². The van der Waals surface area contributed by atoms with E-state index in [2.05, 4.69) is 15.0 Å². The highest BCUT2D eigenvalue weighted by Crippen LogP contribution is 2.10. The molecule has 6 heteroatoms. The number of ether oxygens (including phenoxy) is 2. The van der Waals surface area contributed by atoms with Gasteiger partial charge in [0.25, 0.3) is 0 Å². The molecule has 1 aromatic heterocycles. The number of nitrogens with one attached hydrogen (secondary N) is 1. The van der Waals surface area contributed by atoms with Crippen molar-refractivity contribution in [1.82, 2.24) is 4.98 Å². The summed E-state index contributed by atoms with van der Waals surface area (Å²) in [6.07, 6.45) is 1.46. The van der Waals surface area contributed by atoms with E-state index < -0.39 is 12.0 Å². The number of hydrogen-bond acceptors (Lipinski definition) is 6. The Bertz CT molecular complexity index is 434. The second-order valence-electron chi connectivity index (χ2n) is 3.54. The van der Waals surface area contributed by atoms with E-state index in [0.717, 1.165) is 0 Å². The van der Waals surface area contributed by atoms with Gasteiger partial charge in [0.2, 0.25) is 0 Å². The maximum Gasteiger partial charge on any atom is 0.356 e. The minimum Gasteiger partial charge on any atom is -0.464 e. The summed E-state index contributed by atoms with van der Waals surface area (Å²) in [5.74, 6) is -0.878. The molecule has 98 valence electrons. The van der Waals surface area contributed by atoms with E-state index in [1.54, 1.807) is 19.9 Å². The van der Waals surface area contributed by atoms with Gasteiger partial charge in [-0.1, -0.05) is 0 Å². The molecule has 0 fully saturated rings. The van der Waals surface area contributed by atoms with Crippen LogP contribution in [0, 0.1) is 0 Å². The summed E-state index contributed by atoms with van der Waals surface area (Å²) in [5.41, 5.74) is 0.782. The van der Waals surface area contributed by atoms with Gasteiger partial charge in [-0.2, -0.15) is 0 Å². The molecule has 0 amide bonds. The third kappa shape index (κ3) is 3.73. The zero-order valence-corrected chi connectivity index (χ0v) is 10.6. The zero-order chi connectivity index (χ0) is 13.5. The normalized spacial score (nSPS) is 11.5. The fraction of sp³-hybridized carbons (Fsp3) is 0.417. The van der Waals surface area contributed by atoms with Crippen LogP contribution >= 0.6 is 0 Å². The molecule has 18 heavy (non-hydrogen) atoms. The molecule has 0 aliphatic carbocycles. The van der Waals surface area contributed by atoms with E-state index in [4.69, 9.17) is 4.74 Å². The molecular weight excluding hydrogens is 236 g/mol. The van der Waals surface area contributed by atoms with E-state index in [1.165, 1.54) is 19.4 Å². The molecule has 1 atom stereocenters. The van der Waals surface area contributed by atoms with Gasteiger partial charge in [0.05, 0.1) is 13.7 Å². The number of esters is 2. The molecule has 0 bridgehead atoms. The van der Waals surface area contributed by atoms with Gasteiger partial charge in [-0.3, -0.25) is 0 Å². The molecule has 1 rings (SSSR count). The summed E-state index contributed by atoms with van der Waals surface area (Å²) in [6, 6.07) is 2.67.